The molecule has 0 aliphatic carbocycles. The molecule has 4 heterocycles. The van der Waals surface area contributed by atoms with Crippen LogP contribution in [-0.2, 0) is 0 Å². The maximum absolute atomic E-state index is 5.05. The Morgan fingerprint density at radius 3 is 1.57 bits per heavy atom. The van der Waals surface area contributed by atoms with Gasteiger partial charge in [0.15, 0.2) is 17.5 Å². The molecular formula is C45H30N6. The summed E-state index contributed by atoms with van der Waals surface area (Å²) in [6.07, 6.45) is 5.48. The average Bonchev–Trinajstić information content (AvgIpc) is 3.21. The zero-order valence-corrected chi connectivity index (χ0v) is 27.8. The Bertz CT molecular complexity index is 2620. The summed E-state index contributed by atoms with van der Waals surface area (Å²) >= 11 is 0. The van der Waals surface area contributed by atoms with Crippen LogP contribution in [0.1, 0.15) is 5.56 Å². The van der Waals surface area contributed by atoms with E-state index < -0.39 is 0 Å². The molecule has 0 unspecified atom stereocenters. The number of fused-ring (bicyclic) bond motifs is 3. The zero-order valence-electron chi connectivity index (χ0n) is 27.8. The number of rotatable bonds is 6. The molecule has 0 saturated heterocycles. The minimum absolute atomic E-state index is 0.614. The van der Waals surface area contributed by atoms with Crippen molar-refractivity contribution < 1.29 is 0 Å². The molecule has 0 atom stereocenters. The Labute approximate surface area is 295 Å². The van der Waals surface area contributed by atoms with Crippen LogP contribution in [0.15, 0.2) is 164 Å². The first-order valence-corrected chi connectivity index (χ1v) is 16.8. The van der Waals surface area contributed by atoms with Crippen LogP contribution in [0.2, 0.25) is 0 Å². The van der Waals surface area contributed by atoms with E-state index in [1.807, 2.05) is 91.3 Å². The molecule has 6 heteroatoms. The van der Waals surface area contributed by atoms with E-state index in [9.17, 15) is 0 Å². The monoisotopic (exact) mass is 654 g/mol. The molecule has 4 aromatic heterocycles. The normalized spacial score (nSPS) is 11.2. The molecule has 240 valence electrons. The fraction of sp³-hybridized carbons (Fsp3) is 0.0222. The minimum Gasteiger partial charge on any atom is -0.264 e. The van der Waals surface area contributed by atoms with Gasteiger partial charge in [-0.3, -0.25) is 9.97 Å². The summed E-state index contributed by atoms with van der Waals surface area (Å²) in [6, 6.07) is 49.9. The molecule has 0 bridgehead atoms. The quantitative estimate of drug-likeness (QED) is 0.166. The van der Waals surface area contributed by atoms with E-state index in [1.165, 1.54) is 5.56 Å². The van der Waals surface area contributed by atoms with E-state index in [4.69, 9.17) is 19.9 Å². The largest absolute Gasteiger partial charge is 0.264 e. The predicted molar refractivity (Wildman–Crippen MR) is 206 cm³/mol. The Morgan fingerprint density at radius 1 is 0.392 bits per heavy atom. The number of hydrogen-bond donors (Lipinski definition) is 0. The number of benzene rings is 5. The van der Waals surface area contributed by atoms with Gasteiger partial charge >= 0.3 is 0 Å². The number of hydrogen-bond acceptors (Lipinski definition) is 6. The van der Waals surface area contributed by atoms with Crippen LogP contribution in [-0.4, -0.2) is 29.9 Å². The van der Waals surface area contributed by atoms with Gasteiger partial charge in [-0.05, 0) is 65.6 Å². The molecule has 0 aliphatic heterocycles. The van der Waals surface area contributed by atoms with Crippen LogP contribution in [0.25, 0.3) is 89.5 Å². The van der Waals surface area contributed by atoms with E-state index in [-0.39, 0.29) is 0 Å². The maximum atomic E-state index is 5.05. The van der Waals surface area contributed by atoms with E-state index in [0.717, 1.165) is 72.0 Å². The fourth-order valence-corrected chi connectivity index (χ4v) is 6.48. The van der Waals surface area contributed by atoms with Crippen LogP contribution >= 0.6 is 0 Å². The van der Waals surface area contributed by atoms with Crippen molar-refractivity contribution in [2.24, 2.45) is 0 Å². The highest BCUT2D eigenvalue weighted by atomic mass is 15.0. The summed E-state index contributed by atoms with van der Waals surface area (Å²) in [4.78, 5) is 29.0. The lowest BCUT2D eigenvalue weighted by molar-refractivity contribution is 1.07. The third-order valence-electron chi connectivity index (χ3n) is 9.12. The molecule has 0 aliphatic rings. The van der Waals surface area contributed by atoms with Crippen molar-refractivity contribution in [3.63, 3.8) is 0 Å². The van der Waals surface area contributed by atoms with E-state index in [2.05, 4.69) is 83.6 Å². The number of nitrogens with zero attached hydrogens (tertiary/aromatic N) is 6. The standard InChI is InChI=1S/C45H30N6/c1-29-14-16-30(17-15-29)35-25-36(31-18-20-32(21-19-31)41-38-22-24-46-28-39(38)42-40(48-41)13-8-23-47-42)27-37(26-35)45-50-43(33-9-4-2-5-10-33)49-44(51-45)34-11-6-3-7-12-34/h2-28H,1H3. The highest BCUT2D eigenvalue weighted by Gasteiger charge is 2.16. The number of aromatic nitrogens is 6. The van der Waals surface area contributed by atoms with Gasteiger partial charge in [0.2, 0.25) is 0 Å². The number of pyridine rings is 3. The topological polar surface area (TPSA) is 77.3 Å². The molecule has 6 nitrogen and oxygen atoms in total. The van der Waals surface area contributed by atoms with Crippen molar-refractivity contribution in [3.05, 3.63) is 170 Å². The lowest BCUT2D eigenvalue weighted by Gasteiger charge is -2.13. The molecule has 5 aromatic carbocycles. The lowest BCUT2D eigenvalue weighted by Crippen LogP contribution is -2.00. The first-order chi connectivity index (χ1) is 25.2. The smallest absolute Gasteiger partial charge is 0.164 e. The molecule has 0 fully saturated rings. The van der Waals surface area contributed by atoms with Crippen LogP contribution < -0.4 is 0 Å². The predicted octanol–water partition coefficient (Wildman–Crippen LogP) is 10.7. The molecule has 0 amide bonds. The summed E-state index contributed by atoms with van der Waals surface area (Å²) in [5.74, 6) is 1.88. The highest BCUT2D eigenvalue weighted by molar-refractivity contribution is 6.08. The summed E-state index contributed by atoms with van der Waals surface area (Å²) in [5, 5.41) is 2.01. The summed E-state index contributed by atoms with van der Waals surface area (Å²) in [7, 11) is 0. The second kappa shape index (κ2) is 12.8. The second-order valence-corrected chi connectivity index (χ2v) is 12.5. The molecule has 9 aromatic rings. The lowest BCUT2D eigenvalue weighted by atomic mass is 9.94. The van der Waals surface area contributed by atoms with Crippen LogP contribution in [0.5, 0.6) is 0 Å². The van der Waals surface area contributed by atoms with Crippen LogP contribution in [0, 0.1) is 6.92 Å². The van der Waals surface area contributed by atoms with E-state index in [0.29, 0.717) is 17.5 Å². The van der Waals surface area contributed by atoms with Crippen molar-refractivity contribution in [3.8, 4) is 67.7 Å². The van der Waals surface area contributed by atoms with Gasteiger partial charge in [0.05, 0.1) is 16.7 Å². The molecule has 0 N–H and O–H groups in total. The second-order valence-electron chi connectivity index (χ2n) is 12.5. The van der Waals surface area contributed by atoms with Gasteiger partial charge in [-0.2, -0.15) is 0 Å². The Balaban J connectivity index is 1.20. The van der Waals surface area contributed by atoms with Gasteiger partial charge < -0.3 is 0 Å². The van der Waals surface area contributed by atoms with E-state index in [1.54, 1.807) is 6.20 Å². The van der Waals surface area contributed by atoms with Crippen molar-refractivity contribution >= 4 is 21.8 Å². The van der Waals surface area contributed by atoms with Crippen molar-refractivity contribution in [1.82, 2.24) is 29.9 Å². The van der Waals surface area contributed by atoms with Gasteiger partial charge in [0, 0.05) is 51.6 Å². The molecular weight excluding hydrogens is 625 g/mol. The van der Waals surface area contributed by atoms with Gasteiger partial charge in [-0.15, -0.1) is 0 Å². The summed E-state index contributed by atoms with van der Waals surface area (Å²) in [6.45, 7) is 2.11. The SMILES string of the molecule is Cc1ccc(-c2cc(-c3ccc(-c4nc5cccnc5c5cnccc45)cc3)cc(-c3nc(-c4ccccc4)nc(-c4ccccc4)n3)c2)cc1. The zero-order chi connectivity index (χ0) is 34.1. The first kappa shape index (κ1) is 30.2. The Hall–Kier alpha value is -6.92. The molecule has 0 spiro atoms. The Kier molecular flexibility index (Phi) is 7.59. The maximum Gasteiger partial charge on any atom is 0.164 e. The van der Waals surface area contributed by atoms with Gasteiger partial charge in [-0.25, -0.2) is 19.9 Å². The molecule has 51 heavy (non-hydrogen) atoms. The van der Waals surface area contributed by atoms with Crippen molar-refractivity contribution in [1.29, 1.82) is 0 Å². The number of aryl methyl sites for hydroxylation is 1. The van der Waals surface area contributed by atoms with Crippen molar-refractivity contribution in [2.45, 2.75) is 6.92 Å². The average molecular weight is 655 g/mol. The molecule has 9 rings (SSSR count). The first-order valence-electron chi connectivity index (χ1n) is 16.8. The van der Waals surface area contributed by atoms with Gasteiger partial charge in [-0.1, -0.05) is 115 Å². The highest BCUT2D eigenvalue weighted by Crippen LogP contribution is 2.36. The van der Waals surface area contributed by atoms with Crippen LogP contribution in [0.3, 0.4) is 0 Å². The van der Waals surface area contributed by atoms with Crippen molar-refractivity contribution in [2.75, 3.05) is 0 Å². The third-order valence-corrected chi connectivity index (χ3v) is 9.12. The van der Waals surface area contributed by atoms with E-state index >= 15 is 0 Å². The summed E-state index contributed by atoms with van der Waals surface area (Å²) < 4.78 is 0. The molecule has 0 saturated carbocycles. The summed E-state index contributed by atoms with van der Waals surface area (Å²) in [5.41, 5.74) is 11.9. The Morgan fingerprint density at radius 2 is 0.941 bits per heavy atom. The fourth-order valence-electron chi connectivity index (χ4n) is 6.48. The third kappa shape index (κ3) is 5.89. The van der Waals surface area contributed by atoms with Gasteiger partial charge in [0.1, 0.15) is 0 Å². The minimum atomic E-state index is 0.614. The van der Waals surface area contributed by atoms with Crippen LogP contribution in [0.4, 0.5) is 0 Å². The molecule has 0 radical (unpaired) electrons. The van der Waals surface area contributed by atoms with Gasteiger partial charge in [0.25, 0.3) is 0 Å².